The number of hydrogen-bond acceptors (Lipinski definition) is 4. The first kappa shape index (κ1) is 15.6. The van der Waals surface area contributed by atoms with E-state index in [0.29, 0.717) is 17.7 Å². The fourth-order valence-electron chi connectivity index (χ4n) is 4.60. The number of nitrogens with zero attached hydrogens (tertiary/aromatic N) is 2. The van der Waals surface area contributed by atoms with Crippen LogP contribution in [0.15, 0.2) is 47.0 Å². The summed E-state index contributed by atoms with van der Waals surface area (Å²) in [6, 6.07) is 14.7. The minimum absolute atomic E-state index is 0. The van der Waals surface area contributed by atoms with E-state index < -0.39 is 0 Å². The Morgan fingerprint density at radius 1 is 1.00 bits per heavy atom. The Kier molecular flexibility index (Phi) is 3.82. The summed E-state index contributed by atoms with van der Waals surface area (Å²) in [7, 11) is 0. The Morgan fingerprint density at radius 3 is 2.62 bits per heavy atom. The van der Waals surface area contributed by atoms with E-state index in [1.54, 1.807) is 0 Å². The van der Waals surface area contributed by atoms with E-state index in [9.17, 15) is 0 Å². The van der Waals surface area contributed by atoms with Gasteiger partial charge in [-0.1, -0.05) is 47.6 Å². The summed E-state index contributed by atoms with van der Waals surface area (Å²) in [5.41, 5.74) is 7.43. The predicted molar refractivity (Wildman–Crippen MR) is 96.0 cm³/mol. The molecule has 2 aliphatic carbocycles. The first-order chi connectivity index (χ1) is 11.3. The highest BCUT2D eigenvalue weighted by Crippen LogP contribution is 2.51. The van der Waals surface area contributed by atoms with E-state index in [1.165, 1.54) is 24.6 Å². The fraction of sp³-hybridized carbons (Fsp3) is 0.368. The van der Waals surface area contributed by atoms with Gasteiger partial charge in [0, 0.05) is 11.6 Å². The molecule has 2 aromatic carbocycles. The summed E-state index contributed by atoms with van der Waals surface area (Å²) in [4.78, 5) is 4.72. The zero-order valence-electron chi connectivity index (χ0n) is 13.3. The Labute approximate surface area is 146 Å². The number of rotatable bonds is 2. The van der Waals surface area contributed by atoms with Crippen molar-refractivity contribution in [3.8, 4) is 11.4 Å². The molecule has 2 aliphatic rings. The number of nitrogens with two attached hydrogens (primary N) is 1. The van der Waals surface area contributed by atoms with E-state index in [-0.39, 0.29) is 24.4 Å². The fourth-order valence-corrected chi connectivity index (χ4v) is 4.60. The van der Waals surface area contributed by atoms with Gasteiger partial charge in [-0.25, -0.2) is 0 Å². The molecule has 0 saturated heterocycles. The number of aromatic nitrogens is 2. The molecular weight excluding hydrogens is 322 g/mol. The second-order valence-electron chi connectivity index (χ2n) is 6.92. The van der Waals surface area contributed by atoms with Gasteiger partial charge in [-0.2, -0.15) is 4.98 Å². The van der Waals surface area contributed by atoms with Gasteiger partial charge in [0.15, 0.2) is 0 Å². The number of halogens is 1. The van der Waals surface area contributed by atoms with Crippen molar-refractivity contribution in [3.05, 3.63) is 48.4 Å². The second kappa shape index (κ2) is 5.87. The Bertz CT molecular complexity index is 870. The lowest BCUT2D eigenvalue weighted by molar-refractivity contribution is 0.279. The van der Waals surface area contributed by atoms with Crippen LogP contribution >= 0.6 is 12.4 Å². The van der Waals surface area contributed by atoms with Gasteiger partial charge in [-0.3, -0.25) is 0 Å². The minimum atomic E-state index is 0. The van der Waals surface area contributed by atoms with Crippen molar-refractivity contribution in [1.29, 1.82) is 0 Å². The molecule has 4 nitrogen and oxygen atoms in total. The van der Waals surface area contributed by atoms with Crippen LogP contribution in [0.2, 0.25) is 0 Å². The zero-order chi connectivity index (χ0) is 15.4. The standard InChI is InChI=1S/C19H19N3O.ClH/c20-17-13-9-8-12(10-13)16(17)19-21-18(22-23-19)15-7-3-5-11-4-1-2-6-14(11)15;/h1-7,12-13,16-17H,8-10,20H2;1H. The molecule has 0 spiro atoms. The SMILES string of the molecule is Cl.NC1C2CCC(C2)C1c1nc(-c2cccc3ccccc23)no1. The topological polar surface area (TPSA) is 64.9 Å². The maximum absolute atomic E-state index is 6.41. The summed E-state index contributed by atoms with van der Waals surface area (Å²) < 4.78 is 5.63. The quantitative estimate of drug-likeness (QED) is 0.760. The van der Waals surface area contributed by atoms with Gasteiger partial charge in [-0.15, -0.1) is 12.4 Å². The minimum Gasteiger partial charge on any atom is -0.339 e. The third-order valence-electron chi connectivity index (χ3n) is 5.74. The van der Waals surface area contributed by atoms with Gasteiger partial charge in [0.1, 0.15) is 0 Å². The van der Waals surface area contributed by atoms with Crippen molar-refractivity contribution in [2.45, 2.75) is 31.2 Å². The summed E-state index contributed by atoms with van der Waals surface area (Å²) >= 11 is 0. The van der Waals surface area contributed by atoms with Crippen molar-refractivity contribution in [2.75, 3.05) is 0 Å². The molecule has 0 aliphatic heterocycles. The molecule has 124 valence electrons. The van der Waals surface area contributed by atoms with Crippen LogP contribution in [0.3, 0.4) is 0 Å². The van der Waals surface area contributed by atoms with E-state index in [0.717, 1.165) is 16.8 Å². The van der Waals surface area contributed by atoms with Crippen LogP contribution in [-0.2, 0) is 0 Å². The molecule has 1 aromatic heterocycles. The van der Waals surface area contributed by atoms with Crippen LogP contribution in [0.4, 0.5) is 0 Å². The molecule has 2 saturated carbocycles. The number of fused-ring (bicyclic) bond motifs is 3. The first-order valence-electron chi connectivity index (χ1n) is 8.38. The van der Waals surface area contributed by atoms with Gasteiger partial charge >= 0.3 is 0 Å². The molecule has 2 N–H and O–H groups in total. The highest BCUT2D eigenvalue weighted by molar-refractivity contribution is 5.94. The molecule has 4 unspecified atom stereocenters. The smallest absolute Gasteiger partial charge is 0.231 e. The van der Waals surface area contributed by atoms with Crippen molar-refractivity contribution in [1.82, 2.24) is 10.1 Å². The highest BCUT2D eigenvalue weighted by atomic mass is 35.5. The van der Waals surface area contributed by atoms with Crippen LogP contribution in [-0.4, -0.2) is 16.2 Å². The zero-order valence-corrected chi connectivity index (χ0v) is 14.1. The largest absolute Gasteiger partial charge is 0.339 e. The molecular formula is C19H20ClN3O. The van der Waals surface area contributed by atoms with E-state index in [4.69, 9.17) is 15.2 Å². The van der Waals surface area contributed by atoms with E-state index in [2.05, 4.69) is 29.4 Å². The summed E-state index contributed by atoms with van der Waals surface area (Å²) in [6.07, 6.45) is 3.72. The van der Waals surface area contributed by atoms with Crippen molar-refractivity contribution < 1.29 is 4.52 Å². The average molecular weight is 342 g/mol. The molecule has 1 heterocycles. The van der Waals surface area contributed by atoms with Crippen LogP contribution in [0, 0.1) is 11.8 Å². The number of hydrogen-bond donors (Lipinski definition) is 1. The normalized spacial score (nSPS) is 28.2. The van der Waals surface area contributed by atoms with Crippen LogP contribution in [0.25, 0.3) is 22.2 Å². The maximum atomic E-state index is 6.41. The Morgan fingerprint density at radius 2 is 1.79 bits per heavy atom. The Balaban J connectivity index is 0.00000146. The maximum Gasteiger partial charge on any atom is 0.231 e. The monoisotopic (exact) mass is 341 g/mol. The predicted octanol–water partition coefficient (Wildman–Crippen LogP) is 4.15. The Hall–Kier alpha value is -1.91. The van der Waals surface area contributed by atoms with E-state index >= 15 is 0 Å². The summed E-state index contributed by atoms with van der Waals surface area (Å²) in [6.45, 7) is 0. The highest BCUT2D eigenvalue weighted by Gasteiger charge is 2.48. The molecule has 24 heavy (non-hydrogen) atoms. The lowest BCUT2D eigenvalue weighted by Crippen LogP contribution is -2.34. The summed E-state index contributed by atoms with van der Waals surface area (Å²) in [5.74, 6) is 2.90. The lowest BCUT2D eigenvalue weighted by Gasteiger charge is -2.24. The van der Waals surface area contributed by atoms with E-state index in [1.807, 2.05) is 18.2 Å². The summed E-state index contributed by atoms with van der Waals surface area (Å²) in [5, 5.41) is 6.60. The molecule has 3 aromatic rings. The van der Waals surface area contributed by atoms with Crippen LogP contribution < -0.4 is 5.73 Å². The first-order valence-corrected chi connectivity index (χ1v) is 8.38. The molecule has 0 radical (unpaired) electrons. The molecule has 0 amide bonds. The van der Waals surface area contributed by atoms with Crippen molar-refractivity contribution in [2.24, 2.45) is 17.6 Å². The second-order valence-corrected chi connectivity index (χ2v) is 6.92. The average Bonchev–Trinajstić information content (AvgIpc) is 3.30. The van der Waals surface area contributed by atoms with Crippen LogP contribution in [0.1, 0.15) is 31.1 Å². The van der Waals surface area contributed by atoms with Gasteiger partial charge < -0.3 is 10.3 Å². The third kappa shape index (κ3) is 2.25. The lowest BCUT2D eigenvalue weighted by atomic mass is 9.85. The molecule has 5 heteroatoms. The van der Waals surface area contributed by atoms with Gasteiger partial charge in [0.2, 0.25) is 11.7 Å². The molecule has 4 atom stereocenters. The van der Waals surface area contributed by atoms with Crippen molar-refractivity contribution >= 4 is 23.2 Å². The molecule has 2 fully saturated rings. The third-order valence-corrected chi connectivity index (χ3v) is 5.74. The molecule has 2 bridgehead atoms. The number of benzene rings is 2. The molecule has 5 rings (SSSR count). The van der Waals surface area contributed by atoms with Crippen LogP contribution in [0.5, 0.6) is 0 Å². The van der Waals surface area contributed by atoms with Gasteiger partial charge in [0.05, 0.1) is 5.92 Å². The van der Waals surface area contributed by atoms with Gasteiger partial charge in [-0.05, 0) is 41.9 Å². The van der Waals surface area contributed by atoms with Gasteiger partial charge in [0.25, 0.3) is 0 Å². The van der Waals surface area contributed by atoms with Crippen molar-refractivity contribution in [3.63, 3.8) is 0 Å².